The standard InChI is InChI=1S/C18H13Cl2N3O4S2/c19-10-1-6-14(20)13(9-10)15-7-8-16(27-15)17(24)23-18(28)22-11-2-4-12(5-3-11)29(21,25)26/h1-9H,(H2,21,25,26)(H2,22,23,24,28). The number of furan rings is 1. The van der Waals surface area contributed by atoms with Crippen molar-refractivity contribution in [2.24, 2.45) is 5.14 Å². The Bertz CT molecular complexity index is 1190. The van der Waals surface area contributed by atoms with Crippen LogP contribution in [0.15, 0.2) is 63.9 Å². The van der Waals surface area contributed by atoms with Gasteiger partial charge in [-0.2, -0.15) is 0 Å². The molecule has 0 bridgehead atoms. The van der Waals surface area contributed by atoms with E-state index in [1.165, 1.54) is 30.3 Å². The Kier molecular flexibility index (Phi) is 6.25. The second-order valence-corrected chi connectivity index (χ2v) is 8.58. The lowest BCUT2D eigenvalue weighted by atomic mass is 10.2. The number of rotatable bonds is 4. The van der Waals surface area contributed by atoms with Gasteiger partial charge in [0.1, 0.15) is 5.76 Å². The Labute approximate surface area is 181 Å². The molecule has 3 aromatic rings. The second-order valence-electron chi connectivity index (χ2n) is 5.77. The van der Waals surface area contributed by atoms with Gasteiger partial charge in [-0.25, -0.2) is 13.6 Å². The molecule has 1 aromatic heterocycles. The van der Waals surface area contributed by atoms with E-state index in [-0.39, 0.29) is 15.8 Å². The van der Waals surface area contributed by atoms with Crippen LogP contribution in [0, 0.1) is 0 Å². The van der Waals surface area contributed by atoms with E-state index in [1.54, 1.807) is 24.3 Å². The van der Waals surface area contributed by atoms with Gasteiger partial charge in [0.05, 0.1) is 9.92 Å². The highest BCUT2D eigenvalue weighted by Gasteiger charge is 2.16. The number of thiocarbonyl (C=S) groups is 1. The molecule has 2 aromatic carbocycles. The van der Waals surface area contributed by atoms with E-state index in [2.05, 4.69) is 10.6 Å². The smallest absolute Gasteiger partial charge is 0.293 e. The Hall–Kier alpha value is -2.43. The second kappa shape index (κ2) is 8.52. The van der Waals surface area contributed by atoms with Crippen LogP contribution >= 0.6 is 35.4 Å². The molecular weight excluding hydrogens is 457 g/mol. The van der Waals surface area contributed by atoms with Gasteiger partial charge in [-0.1, -0.05) is 23.2 Å². The maximum atomic E-state index is 12.3. The van der Waals surface area contributed by atoms with E-state index in [9.17, 15) is 13.2 Å². The molecule has 0 saturated heterocycles. The molecule has 150 valence electrons. The highest BCUT2D eigenvalue weighted by molar-refractivity contribution is 7.89. The molecule has 7 nitrogen and oxygen atoms in total. The third-order valence-corrected chi connectivity index (χ3v) is 5.39. The number of carbonyl (C=O) groups is 1. The molecule has 0 atom stereocenters. The largest absolute Gasteiger partial charge is 0.451 e. The number of hydrogen-bond donors (Lipinski definition) is 3. The summed E-state index contributed by atoms with van der Waals surface area (Å²) in [5, 5.41) is 11.2. The zero-order chi connectivity index (χ0) is 21.2. The van der Waals surface area contributed by atoms with Crippen molar-refractivity contribution in [3.05, 3.63) is 70.4 Å². The lowest BCUT2D eigenvalue weighted by Gasteiger charge is -2.09. The molecule has 0 aliphatic carbocycles. The molecule has 0 aliphatic heterocycles. The molecule has 11 heteroatoms. The van der Waals surface area contributed by atoms with Gasteiger partial charge in [-0.05, 0) is 66.8 Å². The number of anilines is 1. The summed E-state index contributed by atoms with van der Waals surface area (Å²) in [6.07, 6.45) is 0. The van der Waals surface area contributed by atoms with Crippen molar-refractivity contribution in [1.82, 2.24) is 5.32 Å². The monoisotopic (exact) mass is 469 g/mol. The van der Waals surface area contributed by atoms with Gasteiger partial charge < -0.3 is 9.73 Å². The lowest BCUT2D eigenvalue weighted by molar-refractivity contribution is 0.0951. The van der Waals surface area contributed by atoms with Crippen LogP contribution in [-0.2, 0) is 10.0 Å². The average Bonchev–Trinajstić information content (AvgIpc) is 3.13. The number of nitrogens with two attached hydrogens (primary N) is 1. The van der Waals surface area contributed by atoms with Crippen molar-refractivity contribution in [3.8, 4) is 11.3 Å². The van der Waals surface area contributed by atoms with E-state index < -0.39 is 15.9 Å². The number of hydrogen-bond acceptors (Lipinski definition) is 5. The van der Waals surface area contributed by atoms with Gasteiger partial charge in [-0.15, -0.1) is 0 Å². The number of halogens is 2. The molecule has 0 fully saturated rings. The number of carbonyl (C=O) groups excluding carboxylic acids is 1. The van der Waals surface area contributed by atoms with Crippen molar-refractivity contribution in [2.45, 2.75) is 4.90 Å². The summed E-state index contributed by atoms with van der Waals surface area (Å²) in [5.74, 6) is -0.182. The first kappa shape index (κ1) is 21.3. The molecule has 1 amide bonds. The van der Waals surface area contributed by atoms with Crippen molar-refractivity contribution in [2.75, 3.05) is 5.32 Å². The van der Waals surface area contributed by atoms with Crippen LogP contribution in [0.2, 0.25) is 10.0 Å². The maximum Gasteiger partial charge on any atom is 0.293 e. The van der Waals surface area contributed by atoms with Crippen molar-refractivity contribution >= 4 is 62.2 Å². The molecule has 0 saturated carbocycles. The summed E-state index contributed by atoms with van der Waals surface area (Å²) < 4.78 is 28.1. The quantitative estimate of drug-likeness (QED) is 0.496. The highest BCUT2D eigenvalue weighted by atomic mass is 35.5. The van der Waals surface area contributed by atoms with E-state index in [1.807, 2.05) is 0 Å². The van der Waals surface area contributed by atoms with Crippen LogP contribution < -0.4 is 15.8 Å². The summed E-state index contributed by atoms with van der Waals surface area (Å²) in [6.45, 7) is 0. The summed E-state index contributed by atoms with van der Waals surface area (Å²) >= 11 is 17.2. The minimum Gasteiger partial charge on any atom is -0.451 e. The Morgan fingerprint density at radius 1 is 1.03 bits per heavy atom. The van der Waals surface area contributed by atoms with Crippen molar-refractivity contribution in [1.29, 1.82) is 0 Å². The van der Waals surface area contributed by atoms with E-state index in [0.29, 0.717) is 27.1 Å². The van der Waals surface area contributed by atoms with E-state index >= 15 is 0 Å². The first-order valence-electron chi connectivity index (χ1n) is 7.94. The molecule has 29 heavy (non-hydrogen) atoms. The fourth-order valence-electron chi connectivity index (χ4n) is 2.35. The number of benzene rings is 2. The average molecular weight is 470 g/mol. The maximum absolute atomic E-state index is 12.3. The number of amides is 1. The Morgan fingerprint density at radius 2 is 1.72 bits per heavy atom. The Morgan fingerprint density at radius 3 is 2.38 bits per heavy atom. The summed E-state index contributed by atoms with van der Waals surface area (Å²) in [5.41, 5.74) is 1.02. The first-order chi connectivity index (χ1) is 13.6. The van der Waals surface area contributed by atoms with Gasteiger partial charge in [0.15, 0.2) is 10.9 Å². The minimum atomic E-state index is -3.79. The SMILES string of the molecule is NS(=O)(=O)c1ccc(NC(=S)NC(=O)c2ccc(-c3cc(Cl)ccc3Cl)o2)cc1. The number of nitrogens with one attached hydrogen (secondary N) is 2. The van der Waals surface area contributed by atoms with Gasteiger partial charge in [-0.3, -0.25) is 10.1 Å². The fraction of sp³-hybridized carbons (Fsp3) is 0. The summed E-state index contributed by atoms with van der Waals surface area (Å²) in [4.78, 5) is 12.3. The predicted octanol–water partition coefficient (Wildman–Crippen LogP) is 4.03. The topological polar surface area (TPSA) is 114 Å². The minimum absolute atomic E-state index is 0.00269. The summed E-state index contributed by atoms with van der Waals surface area (Å²) in [7, 11) is -3.79. The highest BCUT2D eigenvalue weighted by Crippen LogP contribution is 2.31. The van der Waals surface area contributed by atoms with Crippen LogP contribution in [0.3, 0.4) is 0 Å². The van der Waals surface area contributed by atoms with Crippen LogP contribution in [0.1, 0.15) is 10.6 Å². The van der Waals surface area contributed by atoms with Crippen molar-refractivity contribution < 1.29 is 17.6 Å². The van der Waals surface area contributed by atoms with Crippen LogP contribution in [0.4, 0.5) is 5.69 Å². The van der Waals surface area contributed by atoms with E-state index in [4.69, 9.17) is 45.0 Å². The van der Waals surface area contributed by atoms with Gasteiger partial charge in [0.2, 0.25) is 10.0 Å². The van der Waals surface area contributed by atoms with Gasteiger partial charge in [0, 0.05) is 16.3 Å². The normalized spacial score (nSPS) is 11.1. The molecule has 4 N–H and O–H groups in total. The molecule has 0 spiro atoms. The zero-order valence-corrected chi connectivity index (χ0v) is 17.6. The molecule has 0 radical (unpaired) electrons. The Balaban J connectivity index is 1.67. The molecule has 0 unspecified atom stereocenters. The van der Waals surface area contributed by atoms with E-state index in [0.717, 1.165) is 0 Å². The number of primary sulfonamides is 1. The van der Waals surface area contributed by atoms with Gasteiger partial charge >= 0.3 is 0 Å². The fourth-order valence-corrected chi connectivity index (χ4v) is 3.45. The van der Waals surface area contributed by atoms with Crippen LogP contribution in [-0.4, -0.2) is 19.4 Å². The van der Waals surface area contributed by atoms with Crippen molar-refractivity contribution in [3.63, 3.8) is 0 Å². The molecule has 1 heterocycles. The van der Waals surface area contributed by atoms with Gasteiger partial charge in [0.25, 0.3) is 5.91 Å². The van der Waals surface area contributed by atoms with Crippen LogP contribution in [0.5, 0.6) is 0 Å². The third-order valence-electron chi connectivity index (χ3n) is 3.69. The first-order valence-corrected chi connectivity index (χ1v) is 10.6. The molecular formula is C18H13Cl2N3O4S2. The molecule has 0 aliphatic rings. The lowest BCUT2D eigenvalue weighted by Crippen LogP contribution is -2.33. The van der Waals surface area contributed by atoms with Crippen LogP contribution in [0.25, 0.3) is 11.3 Å². The predicted molar refractivity (Wildman–Crippen MR) is 116 cm³/mol. The third kappa shape index (κ3) is 5.34. The summed E-state index contributed by atoms with van der Waals surface area (Å²) in [6, 6.07) is 13.5. The zero-order valence-electron chi connectivity index (χ0n) is 14.5. The molecule has 3 rings (SSSR count). The number of sulfonamides is 1.